The maximum absolute atomic E-state index is 12.7. The Balaban J connectivity index is 2.13. The monoisotopic (exact) mass is 308 g/mol. The molecule has 1 aromatic carbocycles. The first-order valence-corrected chi connectivity index (χ1v) is 8.65. The molecule has 1 fully saturated rings. The van der Waals surface area contributed by atoms with E-state index in [0.29, 0.717) is 18.0 Å². The lowest BCUT2D eigenvalue weighted by Gasteiger charge is -2.19. The molecule has 0 unspecified atom stereocenters. The average Bonchev–Trinajstić information content (AvgIpc) is 3.00. The molecular weight excluding hydrogens is 288 g/mol. The number of nitrogens with one attached hydrogen (secondary N) is 1. The third-order valence-electron chi connectivity index (χ3n) is 4.49. The fourth-order valence-electron chi connectivity index (χ4n) is 3.03. The van der Waals surface area contributed by atoms with Gasteiger partial charge in [0.2, 0.25) is 15.9 Å². The molecule has 0 aliphatic carbocycles. The molecule has 1 saturated heterocycles. The first kappa shape index (κ1) is 14.5. The number of hydrogen-bond acceptors (Lipinski definition) is 3. The summed E-state index contributed by atoms with van der Waals surface area (Å²) in [5.41, 5.74) is 1.62. The van der Waals surface area contributed by atoms with Crippen LogP contribution in [0.4, 0.5) is 5.69 Å². The minimum atomic E-state index is -3.46. The van der Waals surface area contributed by atoms with Crippen LogP contribution >= 0.6 is 0 Å². The average molecular weight is 308 g/mol. The highest BCUT2D eigenvalue weighted by Gasteiger charge is 2.40. The van der Waals surface area contributed by atoms with Gasteiger partial charge in [0.1, 0.15) is 0 Å². The van der Waals surface area contributed by atoms with Crippen LogP contribution in [0.25, 0.3) is 0 Å². The van der Waals surface area contributed by atoms with Gasteiger partial charge in [0.15, 0.2) is 0 Å². The zero-order valence-corrected chi connectivity index (χ0v) is 13.4. The van der Waals surface area contributed by atoms with Crippen molar-refractivity contribution in [2.75, 3.05) is 18.4 Å². The second-order valence-corrected chi connectivity index (χ2v) is 8.29. The van der Waals surface area contributed by atoms with Gasteiger partial charge in [-0.15, -0.1) is 0 Å². The summed E-state index contributed by atoms with van der Waals surface area (Å²) in [6.07, 6.45) is 1.82. The zero-order valence-electron chi connectivity index (χ0n) is 12.6. The third-order valence-corrected chi connectivity index (χ3v) is 6.37. The highest BCUT2D eigenvalue weighted by molar-refractivity contribution is 7.89. The number of fused-ring (bicyclic) bond motifs is 1. The largest absolute Gasteiger partial charge is 0.325 e. The van der Waals surface area contributed by atoms with E-state index in [1.807, 2.05) is 20.8 Å². The van der Waals surface area contributed by atoms with Crippen LogP contribution in [0.5, 0.6) is 0 Å². The summed E-state index contributed by atoms with van der Waals surface area (Å²) in [6, 6.07) is 3.32. The first-order valence-electron chi connectivity index (χ1n) is 7.21. The molecule has 2 aliphatic heterocycles. The Hall–Kier alpha value is -1.40. The molecule has 0 saturated carbocycles. The maximum Gasteiger partial charge on any atom is 0.243 e. The molecule has 2 aliphatic rings. The van der Waals surface area contributed by atoms with Crippen molar-refractivity contribution in [3.05, 3.63) is 23.3 Å². The first-order chi connectivity index (χ1) is 9.74. The summed E-state index contributed by atoms with van der Waals surface area (Å²) in [6.45, 7) is 6.64. The number of anilines is 1. The summed E-state index contributed by atoms with van der Waals surface area (Å²) in [4.78, 5) is 12.3. The minimum Gasteiger partial charge on any atom is -0.325 e. The molecule has 114 valence electrons. The van der Waals surface area contributed by atoms with Gasteiger partial charge in [0.05, 0.1) is 10.3 Å². The van der Waals surface area contributed by atoms with Gasteiger partial charge < -0.3 is 5.32 Å². The van der Waals surface area contributed by atoms with Gasteiger partial charge in [-0.3, -0.25) is 4.79 Å². The second-order valence-electron chi connectivity index (χ2n) is 6.35. The van der Waals surface area contributed by atoms with Gasteiger partial charge in [-0.25, -0.2) is 8.42 Å². The molecule has 0 aromatic heterocycles. The van der Waals surface area contributed by atoms with Gasteiger partial charge in [0, 0.05) is 18.8 Å². The van der Waals surface area contributed by atoms with Gasteiger partial charge in [-0.05, 0) is 56.9 Å². The van der Waals surface area contributed by atoms with E-state index < -0.39 is 15.4 Å². The highest BCUT2D eigenvalue weighted by atomic mass is 32.2. The molecule has 5 nitrogen and oxygen atoms in total. The fourth-order valence-corrected chi connectivity index (χ4v) is 4.66. The molecule has 0 bridgehead atoms. The normalized spacial score (nSPS) is 21.4. The van der Waals surface area contributed by atoms with Crippen LogP contribution in [0.3, 0.4) is 0 Å². The second kappa shape index (κ2) is 4.55. The molecule has 6 heteroatoms. The number of sulfonamides is 1. The SMILES string of the molecule is Cc1cc(S(=O)(=O)N2CCCC2)cc2c1NC(=O)C2(C)C. The van der Waals surface area contributed by atoms with Crippen LogP contribution in [0.1, 0.15) is 37.8 Å². The minimum absolute atomic E-state index is 0.0867. The van der Waals surface area contributed by atoms with Gasteiger partial charge in [-0.1, -0.05) is 0 Å². The molecule has 0 radical (unpaired) electrons. The summed E-state index contributed by atoms with van der Waals surface area (Å²) in [5, 5.41) is 2.86. The number of benzene rings is 1. The number of rotatable bonds is 2. The summed E-state index contributed by atoms with van der Waals surface area (Å²) >= 11 is 0. The Morgan fingerprint density at radius 1 is 1.19 bits per heavy atom. The lowest BCUT2D eigenvalue weighted by Crippen LogP contribution is -2.29. The molecule has 0 spiro atoms. The molecule has 1 amide bonds. The number of nitrogens with zero attached hydrogens (tertiary/aromatic N) is 1. The van der Waals surface area contributed by atoms with Crippen LogP contribution in [0, 0.1) is 6.92 Å². The van der Waals surface area contributed by atoms with Crippen molar-refractivity contribution < 1.29 is 13.2 Å². The smallest absolute Gasteiger partial charge is 0.243 e. The van der Waals surface area contributed by atoms with Crippen molar-refractivity contribution in [3.8, 4) is 0 Å². The number of hydrogen-bond donors (Lipinski definition) is 1. The quantitative estimate of drug-likeness (QED) is 0.909. The summed E-state index contributed by atoms with van der Waals surface area (Å²) in [5.74, 6) is -0.0867. The maximum atomic E-state index is 12.7. The predicted molar refractivity (Wildman–Crippen MR) is 80.8 cm³/mol. The zero-order chi connectivity index (χ0) is 15.4. The molecule has 21 heavy (non-hydrogen) atoms. The molecule has 0 atom stereocenters. The standard InChI is InChI=1S/C15H20N2O3S/c1-10-8-11(21(19,20)17-6-4-5-7-17)9-12-13(10)16-14(18)15(12,2)3/h8-9H,4-7H2,1-3H3,(H,16,18). The number of amides is 1. The predicted octanol–water partition coefficient (Wildman–Crippen LogP) is 2.01. The number of carbonyl (C=O) groups is 1. The summed E-state index contributed by atoms with van der Waals surface area (Å²) < 4.78 is 26.9. The van der Waals surface area contributed by atoms with Crippen LogP contribution < -0.4 is 5.32 Å². The van der Waals surface area contributed by atoms with E-state index >= 15 is 0 Å². The molecule has 1 N–H and O–H groups in total. The van der Waals surface area contributed by atoms with Crippen LogP contribution in [-0.2, 0) is 20.2 Å². The lowest BCUT2D eigenvalue weighted by molar-refractivity contribution is -0.119. The van der Waals surface area contributed by atoms with E-state index in [1.165, 1.54) is 4.31 Å². The van der Waals surface area contributed by atoms with Crippen LogP contribution in [0.2, 0.25) is 0 Å². The van der Waals surface area contributed by atoms with E-state index in [2.05, 4.69) is 5.32 Å². The highest BCUT2D eigenvalue weighted by Crippen LogP contribution is 2.41. The third kappa shape index (κ3) is 2.08. The van der Waals surface area contributed by atoms with Crippen molar-refractivity contribution in [2.45, 2.75) is 43.9 Å². The topological polar surface area (TPSA) is 66.5 Å². The molecule has 2 heterocycles. The van der Waals surface area contributed by atoms with E-state index in [-0.39, 0.29) is 5.91 Å². The van der Waals surface area contributed by atoms with Gasteiger partial charge in [-0.2, -0.15) is 4.31 Å². The van der Waals surface area contributed by atoms with E-state index in [0.717, 1.165) is 29.7 Å². The van der Waals surface area contributed by atoms with Crippen molar-refractivity contribution >= 4 is 21.6 Å². The van der Waals surface area contributed by atoms with Gasteiger partial charge >= 0.3 is 0 Å². The Morgan fingerprint density at radius 2 is 1.81 bits per heavy atom. The van der Waals surface area contributed by atoms with Crippen molar-refractivity contribution in [2.24, 2.45) is 0 Å². The van der Waals surface area contributed by atoms with Gasteiger partial charge in [0.25, 0.3) is 0 Å². The lowest BCUT2D eigenvalue weighted by atomic mass is 9.85. The fraction of sp³-hybridized carbons (Fsp3) is 0.533. The van der Waals surface area contributed by atoms with E-state index in [4.69, 9.17) is 0 Å². The Morgan fingerprint density at radius 3 is 2.43 bits per heavy atom. The molecular formula is C15H20N2O3S. The van der Waals surface area contributed by atoms with Crippen LogP contribution in [0.15, 0.2) is 17.0 Å². The summed E-state index contributed by atoms with van der Waals surface area (Å²) in [7, 11) is -3.46. The molecule has 1 aromatic rings. The van der Waals surface area contributed by atoms with Crippen molar-refractivity contribution in [1.82, 2.24) is 4.31 Å². The van der Waals surface area contributed by atoms with Crippen molar-refractivity contribution in [3.63, 3.8) is 0 Å². The van der Waals surface area contributed by atoms with E-state index in [9.17, 15) is 13.2 Å². The Labute approximate surface area is 125 Å². The Kier molecular flexibility index (Phi) is 3.15. The van der Waals surface area contributed by atoms with Crippen LogP contribution in [-0.4, -0.2) is 31.7 Å². The van der Waals surface area contributed by atoms with Crippen molar-refractivity contribution in [1.29, 1.82) is 0 Å². The number of carbonyl (C=O) groups excluding carboxylic acids is 1. The number of aryl methyl sites for hydroxylation is 1. The van der Waals surface area contributed by atoms with E-state index in [1.54, 1.807) is 12.1 Å². The molecule has 3 rings (SSSR count). The Bertz CT molecular complexity index is 717.